The van der Waals surface area contributed by atoms with Crippen LogP contribution in [-0.2, 0) is 0 Å². The van der Waals surface area contributed by atoms with Gasteiger partial charge >= 0.3 is 5.97 Å². The van der Waals surface area contributed by atoms with Gasteiger partial charge < -0.3 is 4.74 Å². The molecule has 0 saturated heterocycles. The van der Waals surface area contributed by atoms with E-state index in [4.69, 9.17) is 10.00 Å². The van der Waals surface area contributed by atoms with Gasteiger partial charge in [-0.15, -0.1) is 0 Å². The van der Waals surface area contributed by atoms with Gasteiger partial charge in [0.25, 0.3) is 0 Å². The van der Waals surface area contributed by atoms with Crippen LogP contribution in [0.4, 0.5) is 4.39 Å². The fraction of sp³-hybridized carbons (Fsp3) is 0.391. The number of benzene rings is 2. The lowest BCUT2D eigenvalue weighted by molar-refractivity contribution is 0.0734. The molecule has 2 aromatic rings. The molecule has 1 aliphatic carbocycles. The third-order valence-electron chi connectivity index (χ3n) is 5.63. The summed E-state index contributed by atoms with van der Waals surface area (Å²) in [4.78, 5) is 12.4. The number of carbonyl (C=O) groups excluding carboxylic acids is 1. The van der Waals surface area contributed by atoms with Crippen LogP contribution in [-0.4, -0.2) is 5.97 Å². The maximum Gasteiger partial charge on any atom is 0.343 e. The zero-order valence-electron chi connectivity index (χ0n) is 15.8. The highest BCUT2D eigenvalue weighted by Gasteiger charge is 2.21. The Kier molecular flexibility index (Phi) is 5.91. The summed E-state index contributed by atoms with van der Waals surface area (Å²) in [6.45, 7) is 3.87. The monoisotopic (exact) mass is 365 g/mol. The van der Waals surface area contributed by atoms with E-state index in [0.29, 0.717) is 17.0 Å². The Morgan fingerprint density at radius 3 is 2.41 bits per heavy atom. The molecule has 0 radical (unpaired) electrons. The molecule has 2 aromatic carbocycles. The van der Waals surface area contributed by atoms with Crippen molar-refractivity contribution in [1.82, 2.24) is 0 Å². The molecule has 0 heterocycles. The number of esters is 1. The Bertz CT molecular complexity index is 836. The topological polar surface area (TPSA) is 50.1 Å². The van der Waals surface area contributed by atoms with Gasteiger partial charge in [-0.05, 0) is 73.8 Å². The Hall–Kier alpha value is -2.67. The molecule has 0 unspecified atom stereocenters. The van der Waals surface area contributed by atoms with E-state index in [2.05, 4.69) is 6.92 Å². The quantitative estimate of drug-likeness (QED) is 0.500. The molecular weight excluding hydrogens is 341 g/mol. The van der Waals surface area contributed by atoms with E-state index in [-0.39, 0.29) is 11.3 Å². The fourth-order valence-corrected chi connectivity index (χ4v) is 3.87. The van der Waals surface area contributed by atoms with Crippen molar-refractivity contribution in [2.75, 3.05) is 0 Å². The average molecular weight is 365 g/mol. The largest absolute Gasteiger partial charge is 0.423 e. The molecule has 0 spiro atoms. The van der Waals surface area contributed by atoms with Crippen LogP contribution >= 0.6 is 0 Å². The Balaban J connectivity index is 1.67. The Morgan fingerprint density at radius 1 is 1.19 bits per heavy atom. The third kappa shape index (κ3) is 4.36. The van der Waals surface area contributed by atoms with Crippen molar-refractivity contribution in [2.45, 2.75) is 51.9 Å². The zero-order valence-corrected chi connectivity index (χ0v) is 15.8. The van der Waals surface area contributed by atoms with Crippen molar-refractivity contribution in [2.24, 2.45) is 5.92 Å². The molecule has 1 fully saturated rings. The maximum absolute atomic E-state index is 13.9. The summed E-state index contributed by atoms with van der Waals surface area (Å²) in [7, 11) is 0. The predicted molar refractivity (Wildman–Crippen MR) is 102 cm³/mol. The average Bonchev–Trinajstić information content (AvgIpc) is 2.68. The first-order valence-corrected chi connectivity index (χ1v) is 9.54. The van der Waals surface area contributed by atoms with Crippen LogP contribution in [0.1, 0.15) is 72.0 Å². The van der Waals surface area contributed by atoms with Crippen molar-refractivity contribution >= 4 is 5.97 Å². The predicted octanol–water partition coefficient (Wildman–Crippen LogP) is 5.91. The highest BCUT2D eigenvalue weighted by Crippen LogP contribution is 2.37. The summed E-state index contributed by atoms with van der Waals surface area (Å²) in [5.74, 6) is 0.314. The number of nitrogens with zero attached hydrogens (tertiary/aromatic N) is 1. The lowest BCUT2D eigenvalue weighted by Crippen LogP contribution is -2.13. The number of nitriles is 1. The molecule has 0 amide bonds. The van der Waals surface area contributed by atoms with E-state index >= 15 is 0 Å². The van der Waals surface area contributed by atoms with E-state index in [1.165, 1.54) is 43.7 Å². The van der Waals surface area contributed by atoms with Crippen molar-refractivity contribution in [3.05, 3.63) is 64.5 Å². The first kappa shape index (κ1) is 19.1. The minimum Gasteiger partial charge on any atom is -0.423 e. The molecule has 3 nitrogen and oxygen atoms in total. The summed E-state index contributed by atoms with van der Waals surface area (Å²) in [5, 5.41) is 8.91. The minimum absolute atomic E-state index is 0.0306. The van der Waals surface area contributed by atoms with Crippen molar-refractivity contribution in [3.63, 3.8) is 0 Å². The molecule has 0 bridgehead atoms. The smallest absolute Gasteiger partial charge is 0.343 e. The number of hydrogen-bond acceptors (Lipinski definition) is 3. The maximum atomic E-state index is 13.9. The lowest BCUT2D eigenvalue weighted by Gasteiger charge is -2.28. The summed E-state index contributed by atoms with van der Waals surface area (Å²) in [6, 6.07) is 11.9. The second-order valence-electron chi connectivity index (χ2n) is 7.35. The summed E-state index contributed by atoms with van der Waals surface area (Å²) in [5.41, 5.74) is 2.11. The van der Waals surface area contributed by atoms with Gasteiger partial charge in [-0.25, -0.2) is 9.18 Å². The van der Waals surface area contributed by atoms with Gasteiger partial charge in [0.2, 0.25) is 0 Å². The minimum atomic E-state index is -0.682. The molecule has 140 valence electrons. The van der Waals surface area contributed by atoms with E-state index in [1.54, 1.807) is 25.1 Å². The van der Waals surface area contributed by atoms with Crippen LogP contribution in [0.2, 0.25) is 0 Å². The first-order chi connectivity index (χ1) is 13.0. The number of carbonyl (C=O) groups is 1. The van der Waals surface area contributed by atoms with Gasteiger partial charge in [-0.2, -0.15) is 5.26 Å². The lowest BCUT2D eigenvalue weighted by atomic mass is 9.78. The van der Waals surface area contributed by atoms with Crippen LogP contribution in [0.25, 0.3) is 0 Å². The Labute approximate surface area is 159 Å². The van der Waals surface area contributed by atoms with Gasteiger partial charge in [0.15, 0.2) is 0 Å². The van der Waals surface area contributed by atoms with Gasteiger partial charge in [0, 0.05) is 6.07 Å². The molecule has 0 aliphatic heterocycles. The summed E-state index contributed by atoms with van der Waals surface area (Å²) in [6.07, 6.45) is 6.20. The van der Waals surface area contributed by atoms with Gasteiger partial charge in [0.1, 0.15) is 17.6 Å². The highest BCUT2D eigenvalue weighted by atomic mass is 19.1. The Morgan fingerprint density at radius 2 is 1.85 bits per heavy atom. The SMILES string of the molecule is CCC1CCC(c2ccc(C(=O)Oc3cc(C)c(C#N)c(F)c3)cc2)CC1. The standard InChI is InChI=1S/C23H24FNO2/c1-3-16-4-6-17(7-5-16)18-8-10-19(11-9-18)23(26)27-20-12-15(2)21(14-25)22(24)13-20/h8-13,16-17H,3-7H2,1-2H3. The number of aryl methyl sites for hydroxylation is 1. The van der Waals surface area contributed by atoms with E-state index in [1.807, 2.05) is 12.1 Å². The third-order valence-corrected chi connectivity index (χ3v) is 5.63. The molecule has 27 heavy (non-hydrogen) atoms. The van der Waals surface area contributed by atoms with Crippen LogP contribution in [0.5, 0.6) is 5.75 Å². The second kappa shape index (κ2) is 8.35. The molecular formula is C23H24FNO2. The van der Waals surface area contributed by atoms with Crippen LogP contribution in [0.15, 0.2) is 36.4 Å². The van der Waals surface area contributed by atoms with E-state index in [0.717, 1.165) is 12.0 Å². The van der Waals surface area contributed by atoms with Gasteiger partial charge in [-0.1, -0.05) is 25.5 Å². The van der Waals surface area contributed by atoms with Crippen molar-refractivity contribution < 1.29 is 13.9 Å². The van der Waals surface area contributed by atoms with Gasteiger partial charge in [0.05, 0.1) is 11.1 Å². The molecule has 0 N–H and O–H groups in total. The molecule has 4 heteroatoms. The first-order valence-electron chi connectivity index (χ1n) is 9.54. The van der Waals surface area contributed by atoms with Crippen molar-refractivity contribution in [1.29, 1.82) is 5.26 Å². The summed E-state index contributed by atoms with van der Waals surface area (Å²) >= 11 is 0. The number of halogens is 1. The molecule has 1 aliphatic rings. The molecule has 0 aromatic heterocycles. The zero-order chi connectivity index (χ0) is 19.4. The van der Waals surface area contributed by atoms with Crippen molar-refractivity contribution in [3.8, 4) is 11.8 Å². The normalized spacial score (nSPS) is 19.3. The van der Waals surface area contributed by atoms with Crippen LogP contribution < -0.4 is 4.74 Å². The highest BCUT2D eigenvalue weighted by molar-refractivity contribution is 5.91. The van der Waals surface area contributed by atoms with Crippen LogP contribution in [0, 0.1) is 30.0 Å². The number of hydrogen-bond donors (Lipinski definition) is 0. The second-order valence-corrected chi connectivity index (χ2v) is 7.35. The molecule has 3 rings (SSSR count). The number of rotatable bonds is 4. The van der Waals surface area contributed by atoms with Crippen LogP contribution in [0.3, 0.4) is 0 Å². The summed E-state index contributed by atoms with van der Waals surface area (Å²) < 4.78 is 19.1. The van der Waals surface area contributed by atoms with E-state index in [9.17, 15) is 9.18 Å². The van der Waals surface area contributed by atoms with Gasteiger partial charge in [-0.3, -0.25) is 0 Å². The fourth-order valence-electron chi connectivity index (χ4n) is 3.87. The molecule has 0 atom stereocenters. The molecule has 1 saturated carbocycles. The van der Waals surface area contributed by atoms with E-state index < -0.39 is 11.8 Å². The number of ether oxygens (including phenoxy) is 1.